The van der Waals surface area contributed by atoms with E-state index < -0.39 is 0 Å². The molecular weight excluding hydrogens is 378 g/mol. The Morgan fingerprint density at radius 3 is 2.33 bits per heavy atom. The van der Waals surface area contributed by atoms with Crippen molar-refractivity contribution in [2.24, 2.45) is 0 Å². The molecule has 0 spiro atoms. The quantitative estimate of drug-likeness (QED) is 0.540. The number of carbonyl (C=O) groups is 1. The molecule has 0 heterocycles. The van der Waals surface area contributed by atoms with Crippen molar-refractivity contribution in [1.82, 2.24) is 5.32 Å². The third-order valence-electron chi connectivity index (χ3n) is 4.74. The first kappa shape index (κ1) is 21.2. The zero-order valence-electron chi connectivity index (χ0n) is 17.4. The zero-order chi connectivity index (χ0) is 21.2. The van der Waals surface area contributed by atoms with Crippen LogP contribution in [-0.4, -0.2) is 33.3 Å². The number of nitrogens with one attached hydrogen (secondary N) is 1. The zero-order valence-corrected chi connectivity index (χ0v) is 17.4. The number of carbonyl (C=O) groups excluding carboxylic acids is 1. The van der Waals surface area contributed by atoms with E-state index in [2.05, 4.69) is 5.32 Å². The summed E-state index contributed by atoms with van der Waals surface area (Å²) in [4.78, 5) is 12.2. The number of ether oxygens (including phenoxy) is 3. The molecule has 3 aromatic carbocycles. The largest absolute Gasteiger partial charge is 0.493 e. The summed E-state index contributed by atoms with van der Waals surface area (Å²) in [5.41, 5.74) is 3.18. The first-order valence-corrected chi connectivity index (χ1v) is 9.96. The first-order chi connectivity index (χ1) is 14.7. The molecule has 0 saturated heterocycles. The van der Waals surface area contributed by atoms with Gasteiger partial charge in [-0.3, -0.25) is 4.79 Å². The van der Waals surface area contributed by atoms with Gasteiger partial charge in [-0.1, -0.05) is 54.6 Å². The summed E-state index contributed by atoms with van der Waals surface area (Å²) in [5.74, 6) is 2.12. The van der Waals surface area contributed by atoms with Crippen LogP contribution < -0.4 is 19.5 Å². The molecule has 0 aromatic heterocycles. The fourth-order valence-electron chi connectivity index (χ4n) is 3.17. The number of hydrogen-bond acceptors (Lipinski definition) is 4. The van der Waals surface area contributed by atoms with Gasteiger partial charge in [-0.05, 0) is 35.7 Å². The lowest BCUT2D eigenvalue weighted by atomic mass is 10.1. The van der Waals surface area contributed by atoms with Crippen molar-refractivity contribution >= 4 is 5.91 Å². The normalized spacial score (nSPS) is 10.3. The minimum atomic E-state index is -0.0346. The highest BCUT2D eigenvalue weighted by Crippen LogP contribution is 2.29. The van der Waals surface area contributed by atoms with Gasteiger partial charge in [-0.2, -0.15) is 0 Å². The topological polar surface area (TPSA) is 56.8 Å². The van der Waals surface area contributed by atoms with E-state index in [-0.39, 0.29) is 5.91 Å². The Bertz CT molecular complexity index is 956. The lowest BCUT2D eigenvalue weighted by Crippen LogP contribution is -2.27. The van der Waals surface area contributed by atoms with Crippen LogP contribution >= 0.6 is 0 Å². The molecular formula is C25H27NO4. The summed E-state index contributed by atoms with van der Waals surface area (Å²) in [6.07, 6.45) is 1.01. The van der Waals surface area contributed by atoms with Crippen molar-refractivity contribution in [3.8, 4) is 28.4 Å². The Kier molecular flexibility index (Phi) is 7.72. The van der Waals surface area contributed by atoms with Crippen LogP contribution in [0.3, 0.4) is 0 Å². The molecule has 30 heavy (non-hydrogen) atoms. The summed E-state index contributed by atoms with van der Waals surface area (Å²) in [6.45, 7) is 0.876. The molecule has 0 radical (unpaired) electrons. The minimum Gasteiger partial charge on any atom is -0.493 e. The van der Waals surface area contributed by atoms with E-state index in [1.807, 2.05) is 72.8 Å². The molecule has 1 amide bonds. The monoisotopic (exact) mass is 405 g/mol. The fourth-order valence-corrected chi connectivity index (χ4v) is 3.17. The number of hydrogen-bond donors (Lipinski definition) is 1. The van der Waals surface area contributed by atoms with Gasteiger partial charge in [0.2, 0.25) is 5.91 Å². The second kappa shape index (κ2) is 10.9. The van der Waals surface area contributed by atoms with Crippen LogP contribution in [0.15, 0.2) is 72.8 Å². The van der Waals surface area contributed by atoms with Crippen molar-refractivity contribution in [2.45, 2.75) is 12.8 Å². The van der Waals surface area contributed by atoms with Crippen LogP contribution in [-0.2, 0) is 11.2 Å². The smallest absolute Gasteiger partial charge is 0.223 e. The maximum atomic E-state index is 12.2. The average Bonchev–Trinajstić information content (AvgIpc) is 2.80. The molecule has 0 fully saturated rings. The molecule has 0 saturated carbocycles. The van der Waals surface area contributed by atoms with E-state index in [1.165, 1.54) is 0 Å². The van der Waals surface area contributed by atoms with Crippen molar-refractivity contribution < 1.29 is 19.0 Å². The molecule has 1 N–H and O–H groups in total. The number of para-hydroxylation sites is 1. The predicted octanol–water partition coefficient (Wildman–Crippen LogP) is 4.50. The lowest BCUT2D eigenvalue weighted by molar-refractivity contribution is -0.121. The third kappa shape index (κ3) is 5.77. The number of benzene rings is 3. The second-order valence-corrected chi connectivity index (χ2v) is 6.75. The molecule has 0 atom stereocenters. The van der Waals surface area contributed by atoms with E-state index in [1.54, 1.807) is 14.2 Å². The summed E-state index contributed by atoms with van der Waals surface area (Å²) in [7, 11) is 3.22. The maximum absolute atomic E-state index is 12.2. The molecule has 5 heteroatoms. The molecule has 0 unspecified atom stereocenters. The predicted molar refractivity (Wildman–Crippen MR) is 118 cm³/mol. The van der Waals surface area contributed by atoms with Crippen LogP contribution in [0.1, 0.15) is 12.0 Å². The third-order valence-corrected chi connectivity index (χ3v) is 4.74. The average molecular weight is 405 g/mol. The molecule has 156 valence electrons. The SMILES string of the molecule is COc1ccc(CCNC(=O)CCOc2ccccc2-c2ccccc2)cc1OC. The Morgan fingerprint density at radius 1 is 0.833 bits per heavy atom. The van der Waals surface area contributed by atoms with E-state index in [9.17, 15) is 4.79 Å². The summed E-state index contributed by atoms with van der Waals surface area (Å²) in [6, 6.07) is 23.7. The fraction of sp³-hybridized carbons (Fsp3) is 0.240. The number of methoxy groups -OCH3 is 2. The standard InChI is InChI=1S/C25H27NO4/c1-28-23-13-12-19(18-24(23)29-2)14-16-26-25(27)15-17-30-22-11-7-6-10-21(22)20-8-4-3-5-9-20/h3-13,18H,14-17H2,1-2H3,(H,26,27). The van der Waals surface area contributed by atoms with E-state index in [0.717, 1.165) is 22.4 Å². The first-order valence-electron chi connectivity index (χ1n) is 9.96. The highest BCUT2D eigenvalue weighted by molar-refractivity contribution is 5.76. The molecule has 5 nitrogen and oxygen atoms in total. The van der Waals surface area contributed by atoms with Gasteiger partial charge in [-0.25, -0.2) is 0 Å². The van der Waals surface area contributed by atoms with Crippen molar-refractivity contribution in [2.75, 3.05) is 27.4 Å². The highest BCUT2D eigenvalue weighted by atomic mass is 16.5. The Hall–Kier alpha value is -3.47. The van der Waals surface area contributed by atoms with E-state index >= 15 is 0 Å². The van der Waals surface area contributed by atoms with Crippen LogP contribution in [0.4, 0.5) is 0 Å². The lowest BCUT2D eigenvalue weighted by Gasteiger charge is -2.12. The van der Waals surface area contributed by atoms with Gasteiger partial charge >= 0.3 is 0 Å². The van der Waals surface area contributed by atoms with Crippen molar-refractivity contribution in [1.29, 1.82) is 0 Å². The van der Waals surface area contributed by atoms with E-state index in [4.69, 9.17) is 14.2 Å². The van der Waals surface area contributed by atoms with E-state index in [0.29, 0.717) is 37.5 Å². The molecule has 3 aromatic rings. The highest BCUT2D eigenvalue weighted by Gasteiger charge is 2.08. The van der Waals surface area contributed by atoms with Gasteiger partial charge < -0.3 is 19.5 Å². The summed E-state index contributed by atoms with van der Waals surface area (Å²) in [5, 5.41) is 2.94. The van der Waals surface area contributed by atoms with Gasteiger partial charge in [0, 0.05) is 12.1 Å². The Balaban J connectivity index is 1.45. The second-order valence-electron chi connectivity index (χ2n) is 6.75. The molecule has 0 bridgehead atoms. The Morgan fingerprint density at radius 2 is 1.57 bits per heavy atom. The molecule has 0 aliphatic heterocycles. The van der Waals surface area contributed by atoms with Gasteiger partial charge in [0.1, 0.15) is 5.75 Å². The number of amides is 1. The summed E-state index contributed by atoms with van der Waals surface area (Å²) >= 11 is 0. The maximum Gasteiger partial charge on any atom is 0.223 e. The van der Waals surface area contributed by atoms with Crippen LogP contribution in [0, 0.1) is 0 Å². The minimum absolute atomic E-state index is 0.0346. The molecule has 0 aliphatic carbocycles. The van der Waals surface area contributed by atoms with Gasteiger partial charge in [0.25, 0.3) is 0 Å². The van der Waals surface area contributed by atoms with Crippen LogP contribution in [0.5, 0.6) is 17.2 Å². The van der Waals surface area contributed by atoms with Crippen LogP contribution in [0.25, 0.3) is 11.1 Å². The van der Waals surface area contributed by atoms with Gasteiger partial charge in [0.05, 0.1) is 27.2 Å². The molecule has 0 aliphatic rings. The van der Waals surface area contributed by atoms with Crippen molar-refractivity contribution in [3.63, 3.8) is 0 Å². The van der Waals surface area contributed by atoms with Crippen LogP contribution in [0.2, 0.25) is 0 Å². The number of rotatable bonds is 10. The van der Waals surface area contributed by atoms with Gasteiger partial charge in [-0.15, -0.1) is 0 Å². The Labute approximate surface area is 177 Å². The molecule has 3 rings (SSSR count). The summed E-state index contributed by atoms with van der Waals surface area (Å²) < 4.78 is 16.4. The van der Waals surface area contributed by atoms with Gasteiger partial charge in [0.15, 0.2) is 11.5 Å². The van der Waals surface area contributed by atoms with Crippen molar-refractivity contribution in [3.05, 3.63) is 78.4 Å².